The average molecular weight is 417 g/mol. The molecule has 1 aromatic carbocycles. The van der Waals surface area contributed by atoms with Gasteiger partial charge in [0, 0.05) is 11.9 Å². The van der Waals surface area contributed by atoms with Crippen LogP contribution in [0.3, 0.4) is 0 Å². The third-order valence-corrected chi connectivity index (χ3v) is 5.01. The van der Waals surface area contributed by atoms with E-state index in [1.807, 2.05) is 7.05 Å². The highest BCUT2D eigenvalue weighted by Crippen LogP contribution is 2.25. The number of halogens is 2. The Labute approximate surface area is 142 Å². The van der Waals surface area contributed by atoms with E-state index in [4.69, 9.17) is 0 Å². The highest BCUT2D eigenvalue weighted by Gasteiger charge is 2.11. The van der Waals surface area contributed by atoms with Gasteiger partial charge in [0.2, 0.25) is 0 Å². The van der Waals surface area contributed by atoms with Crippen molar-refractivity contribution in [1.29, 1.82) is 0 Å². The Morgan fingerprint density at radius 2 is 1.95 bits per heavy atom. The van der Waals surface area contributed by atoms with Gasteiger partial charge in [-0.05, 0) is 53.3 Å². The monoisotopic (exact) mass is 417 g/mol. The number of nitrogens with zero attached hydrogens (tertiary/aromatic N) is 2. The Morgan fingerprint density at radius 3 is 2.57 bits per heavy atom. The van der Waals surface area contributed by atoms with Crippen LogP contribution in [0.15, 0.2) is 29.2 Å². The molecular weight excluding hydrogens is 400 g/mol. The maximum atomic E-state index is 12.9. The van der Waals surface area contributed by atoms with E-state index in [0.29, 0.717) is 5.75 Å². The van der Waals surface area contributed by atoms with Crippen molar-refractivity contribution in [2.45, 2.75) is 30.4 Å². The molecule has 0 atom stereocenters. The summed E-state index contributed by atoms with van der Waals surface area (Å²) in [6.07, 6.45) is 2.00. The average Bonchev–Trinajstić information content (AvgIpc) is 2.49. The Morgan fingerprint density at radius 1 is 1.24 bits per heavy atom. The molecule has 112 valence electrons. The lowest BCUT2D eigenvalue weighted by Crippen LogP contribution is -2.07. The highest BCUT2D eigenvalue weighted by molar-refractivity contribution is 14.1. The van der Waals surface area contributed by atoms with E-state index in [2.05, 4.69) is 44.8 Å². The van der Waals surface area contributed by atoms with Gasteiger partial charge >= 0.3 is 0 Å². The van der Waals surface area contributed by atoms with Crippen LogP contribution in [0, 0.1) is 9.39 Å². The van der Waals surface area contributed by atoms with Crippen LogP contribution in [0.2, 0.25) is 0 Å². The molecule has 0 saturated heterocycles. The Hall–Kier alpha value is -0.890. The van der Waals surface area contributed by atoms with Crippen LogP contribution in [-0.4, -0.2) is 17.0 Å². The fourth-order valence-electron chi connectivity index (χ4n) is 1.86. The van der Waals surface area contributed by atoms with Crippen molar-refractivity contribution in [3.05, 3.63) is 45.2 Å². The molecule has 0 radical (unpaired) electrons. The fraction of sp³-hybridized carbons (Fsp3) is 0.333. The number of aromatic nitrogens is 2. The zero-order valence-corrected chi connectivity index (χ0v) is 15.0. The molecule has 0 aliphatic heterocycles. The van der Waals surface area contributed by atoms with Gasteiger partial charge in [0.1, 0.15) is 17.5 Å². The number of anilines is 1. The van der Waals surface area contributed by atoms with E-state index in [1.54, 1.807) is 23.9 Å². The molecule has 0 saturated carbocycles. The molecule has 0 aliphatic carbocycles. The maximum Gasteiger partial charge on any atom is 0.143 e. The molecule has 2 aromatic rings. The zero-order chi connectivity index (χ0) is 15.2. The molecule has 0 fully saturated rings. The second-order valence-corrected chi connectivity index (χ2v) is 6.62. The van der Waals surface area contributed by atoms with E-state index in [1.165, 1.54) is 12.1 Å². The minimum Gasteiger partial charge on any atom is -0.372 e. The van der Waals surface area contributed by atoms with Crippen LogP contribution in [0.4, 0.5) is 10.2 Å². The third kappa shape index (κ3) is 4.54. The summed E-state index contributed by atoms with van der Waals surface area (Å²) in [5.41, 5.74) is 1.09. The number of nitrogens with one attached hydrogen (secondary N) is 1. The maximum absolute atomic E-state index is 12.9. The van der Waals surface area contributed by atoms with E-state index in [-0.39, 0.29) is 5.82 Å². The molecule has 0 amide bonds. The quantitative estimate of drug-likeness (QED) is 0.555. The second-order valence-electron chi connectivity index (χ2n) is 4.49. The van der Waals surface area contributed by atoms with Crippen molar-refractivity contribution < 1.29 is 4.39 Å². The van der Waals surface area contributed by atoms with Crippen molar-refractivity contribution in [2.24, 2.45) is 0 Å². The number of aryl methyl sites for hydroxylation is 1. The van der Waals surface area contributed by atoms with Crippen LogP contribution in [0.5, 0.6) is 0 Å². The van der Waals surface area contributed by atoms with Crippen LogP contribution in [-0.2, 0) is 12.2 Å². The van der Waals surface area contributed by atoms with Gasteiger partial charge < -0.3 is 5.32 Å². The van der Waals surface area contributed by atoms with E-state index >= 15 is 0 Å². The summed E-state index contributed by atoms with van der Waals surface area (Å²) in [6, 6.07) is 6.49. The van der Waals surface area contributed by atoms with Crippen LogP contribution < -0.4 is 5.32 Å². The molecule has 1 heterocycles. The summed E-state index contributed by atoms with van der Waals surface area (Å²) in [5.74, 6) is 2.14. The van der Waals surface area contributed by atoms with Gasteiger partial charge in [-0.15, -0.1) is 11.8 Å². The second kappa shape index (κ2) is 7.93. The normalized spacial score (nSPS) is 10.7. The van der Waals surface area contributed by atoms with Crippen LogP contribution in [0.25, 0.3) is 0 Å². The molecule has 3 nitrogen and oxygen atoms in total. The first-order valence-corrected chi connectivity index (χ1v) is 8.82. The molecule has 0 spiro atoms. The first kappa shape index (κ1) is 16.5. The SMILES string of the molecule is CCCc1nc(CSc2ccc(F)cc2)nc(NC)c1I. The molecular formula is C15H17FIN3S. The number of hydrogen-bond acceptors (Lipinski definition) is 4. The van der Waals surface area contributed by atoms with Gasteiger partial charge in [-0.1, -0.05) is 13.3 Å². The van der Waals surface area contributed by atoms with Crippen molar-refractivity contribution >= 4 is 40.2 Å². The van der Waals surface area contributed by atoms with Gasteiger partial charge in [0.05, 0.1) is 15.0 Å². The van der Waals surface area contributed by atoms with Gasteiger partial charge in [-0.3, -0.25) is 0 Å². The summed E-state index contributed by atoms with van der Waals surface area (Å²) < 4.78 is 14.0. The van der Waals surface area contributed by atoms with E-state index in [9.17, 15) is 4.39 Å². The Kier molecular flexibility index (Phi) is 6.22. The number of rotatable bonds is 6. The molecule has 1 aromatic heterocycles. The predicted molar refractivity (Wildman–Crippen MR) is 94.3 cm³/mol. The fourth-order valence-corrected chi connectivity index (χ4v) is 3.39. The Bertz CT molecular complexity index is 605. The third-order valence-electron chi connectivity index (χ3n) is 2.87. The molecule has 6 heteroatoms. The van der Waals surface area contributed by atoms with Gasteiger partial charge in [0.25, 0.3) is 0 Å². The van der Waals surface area contributed by atoms with Gasteiger partial charge in [-0.25, -0.2) is 14.4 Å². The summed E-state index contributed by atoms with van der Waals surface area (Å²) in [4.78, 5) is 10.2. The van der Waals surface area contributed by atoms with E-state index in [0.717, 1.165) is 38.6 Å². The molecule has 2 rings (SSSR count). The topological polar surface area (TPSA) is 37.8 Å². The van der Waals surface area contributed by atoms with Crippen molar-refractivity contribution in [1.82, 2.24) is 9.97 Å². The number of thioether (sulfide) groups is 1. The molecule has 21 heavy (non-hydrogen) atoms. The van der Waals surface area contributed by atoms with Gasteiger partial charge in [-0.2, -0.15) is 0 Å². The zero-order valence-electron chi connectivity index (χ0n) is 12.0. The standard InChI is InChI=1S/C15H17FIN3S/c1-3-4-12-14(17)15(18-2)20-13(19-12)9-21-11-7-5-10(16)6-8-11/h5-8H,3-4,9H2,1-2H3,(H,18,19,20). The molecule has 0 aliphatic rings. The lowest BCUT2D eigenvalue weighted by Gasteiger charge is -2.10. The van der Waals surface area contributed by atoms with Gasteiger partial charge in [0.15, 0.2) is 0 Å². The van der Waals surface area contributed by atoms with Crippen molar-refractivity contribution in [2.75, 3.05) is 12.4 Å². The summed E-state index contributed by atoms with van der Waals surface area (Å²) in [7, 11) is 1.87. The molecule has 0 unspecified atom stereocenters. The highest BCUT2D eigenvalue weighted by atomic mass is 127. The Balaban J connectivity index is 2.15. The minimum atomic E-state index is -0.215. The molecule has 0 bridgehead atoms. The van der Waals surface area contributed by atoms with Crippen molar-refractivity contribution in [3.8, 4) is 0 Å². The smallest absolute Gasteiger partial charge is 0.143 e. The predicted octanol–water partition coefficient (Wildman–Crippen LogP) is 4.51. The lowest BCUT2D eigenvalue weighted by atomic mass is 10.2. The lowest BCUT2D eigenvalue weighted by molar-refractivity contribution is 0.626. The summed E-state index contributed by atoms with van der Waals surface area (Å²) in [6.45, 7) is 2.14. The van der Waals surface area contributed by atoms with E-state index < -0.39 is 0 Å². The van der Waals surface area contributed by atoms with Crippen LogP contribution in [0.1, 0.15) is 24.9 Å². The summed E-state index contributed by atoms with van der Waals surface area (Å²) >= 11 is 3.90. The number of hydrogen-bond donors (Lipinski definition) is 1. The first-order valence-electron chi connectivity index (χ1n) is 6.75. The van der Waals surface area contributed by atoms with Crippen LogP contribution >= 0.6 is 34.4 Å². The number of benzene rings is 1. The van der Waals surface area contributed by atoms with Crippen molar-refractivity contribution in [3.63, 3.8) is 0 Å². The minimum absolute atomic E-state index is 0.215. The first-order chi connectivity index (χ1) is 10.1. The summed E-state index contributed by atoms with van der Waals surface area (Å²) in [5, 5.41) is 3.12. The largest absolute Gasteiger partial charge is 0.372 e. The molecule has 1 N–H and O–H groups in total.